The van der Waals surface area contributed by atoms with Crippen molar-refractivity contribution in [1.82, 2.24) is 9.55 Å². The lowest BCUT2D eigenvalue weighted by atomic mass is 9.83. The first-order valence-electron chi connectivity index (χ1n) is 5.09. The van der Waals surface area contributed by atoms with E-state index in [1.54, 1.807) is 0 Å². The fourth-order valence-corrected chi connectivity index (χ4v) is 1.82. The van der Waals surface area contributed by atoms with Crippen LogP contribution in [0.15, 0.2) is 12.5 Å². The van der Waals surface area contributed by atoms with Crippen LogP contribution in [-0.4, -0.2) is 9.55 Å². The molecule has 0 saturated heterocycles. The summed E-state index contributed by atoms with van der Waals surface area (Å²) in [6.07, 6.45) is 9.32. The molecule has 0 atom stereocenters. The largest absolute Gasteiger partial charge is 0.333 e. The van der Waals surface area contributed by atoms with E-state index in [2.05, 4.69) is 9.55 Å². The van der Waals surface area contributed by atoms with Crippen LogP contribution >= 0.6 is 0 Å². The molecular weight excluding hydrogens is 162 g/mol. The molecule has 1 fully saturated rings. The molecule has 1 aliphatic rings. The zero-order chi connectivity index (χ0) is 9.10. The average molecular weight is 179 g/mol. The summed E-state index contributed by atoms with van der Waals surface area (Å²) in [6, 6.07) is 0. The van der Waals surface area contributed by atoms with Crippen LogP contribution in [0.4, 0.5) is 0 Å². The first-order valence-corrected chi connectivity index (χ1v) is 5.09. The second-order valence-corrected chi connectivity index (χ2v) is 3.87. The first-order chi connectivity index (χ1) is 6.40. The average Bonchev–Trinajstić information content (AvgIpc) is 2.49. The molecule has 0 unspecified atom stereocenters. The molecule has 0 aromatic carbocycles. The minimum atomic E-state index is 0.602. The van der Waals surface area contributed by atoms with Gasteiger partial charge in [0.05, 0.1) is 12.0 Å². The van der Waals surface area contributed by atoms with Gasteiger partial charge in [0, 0.05) is 19.3 Å². The van der Waals surface area contributed by atoms with Gasteiger partial charge in [0.25, 0.3) is 0 Å². The number of hydrogen-bond acceptors (Lipinski definition) is 2. The molecule has 0 spiro atoms. The molecule has 0 bridgehead atoms. The van der Waals surface area contributed by atoms with Crippen molar-refractivity contribution < 1.29 is 0 Å². The van der Waals surface area contributed by atoms with Crippen LogP contribution in [0, 0.1) is 5.92 Å². The Hall–Kier alpha value is -0.830. The fourth-order valence-electron chi connectivity index (χ4n) is 1.82. The zero-order valence-corrected chi connectivity index (χ0v) is 7.95. The van der Waals surface area contributed by atoms with Gasteiger partial charge in [-0.05, 0) is 12.3 Å². The van der Waals surface area contributed by atoms with Crippen molar-refractivity contribution in [2.24, 2.45) is 11.7 Å². The van der Waals surface area contributed by atoms with Gasteiger partial charge in [0.15, 0.2) is 0 Å². The van der Waals surface area contributed by atoms with Gasteiger partial charge in [-0.3, -0.25) is 0 Å². The summed E-state index contributed by atoms with van der Waals surface area (Å²) < 4.78 is 2.18. The summed E-state index contributed by atoms with van der Waals surface area (Å²) in [7, 11) is 0. The van der Waals surface area contributed by atoms with Crippen LogP contribution in [0.1, 0.15) is 31.4 Å². The highest BCUT2D eigenvalue weighted by Gasteiger charge is 2.16. The number of nitrogens with two attached hydrogens (primary N) is 1. The van der Waals surface area contributed by atoms with Crippen molar-refractivity contribution in [2.45, 2.75) is 38.8 Å². The highest BCUT2D eigenvalue weighted by Crippen LogP contribution is 2.29. The number of imidazole rings is 1. The Labute approximate surface area is 79.0 Å². The summed E-state index contributed by atoms with van der Waals surface area (Å²) in [5.74, 6) is 0.966. The van der Waals surface area contributed by atoms with Crippen LogP contribution in [0.5, 0.6) is 0 Å². The normalized spacial score (nSPS) is 17.3. The fraction of sp³-hybridized carbons (Fsp3) is 0.700. The van der Waals surface area contributed by atoms with Crippen LogP contribution < -0.4 is 5.73 Å². The van der Waals surface area contributed by atoms with Crippen molar-refractivity contribution in [1.29, 1.82) is 0 Å². The Morgan fingerprint density at radius 3 is 3.00 bits per heavy atom. The van der Waals surface area contributed by atoms with E-state index in [1.165, 1.54) is 25.7 Å². The number of aryl methyl sites for hydroxylation is 1. The van der Waals surface area contributed by atoms with Crippen LogP contribution in [0.3, 0.4) is 0 Å². The lowest BCUT2D eigenvalue weighted by Gasteiger charge is -2.25. The molecule has 3 heteroatoms. The summed E-state index contributed by atoms with van der Waals surface area (Å²) in [5, 5.41) is 0. The molecule has 2 N–H and O–H groups in total. The quantitative estimate of drug-likeness (QED) is 0.761. The highest BCUT2D eigenvalue weighted by molar-refractivity contribution is 4.97. The number of aromatic nitrogens is 2. The second-order valence-electron chi connectivity index (χ2n) is 3.87. The Morgan fingerprint density at radius 2 is 2.38 bits per heavy atom. The maximum atomic E-state index is 5.59. The molecule has 0 radical (unpaired) electrons. The van der Waals surface area contributed by atoms with Gasteiger partial charge in [-0.15, -0.1) is 0 Å². The molecule has 1 aromatic heterocycles. The smallest absolute Gasteiger partial charge is 0.0948 e. The molecule has 72 valence electrons. The van der Waals surface area contributed by atoms with E-state index in [-0.39, 0.29) is 0 Å². The van der Waals surface area contributed by atoms with Crippen LogP contribution in [-0.2, 0) is 13.1 Å². The SMILES string of the molecule is NCc1cncn1CCC1CCC1. The second kappa shape index (κ2) is 3.92. The molecular formula is C10H17N3. The molecule has 2 rings (SSSR count). The topological polar surface area (TPSA) is 43.8 Å². The molecule has 0 amide bonds. The minimum absolute atomic E-state index is 0.602. The van der Waals surface area contributed by atoms with Gasteiger partial charge < -0.3 is 10.3 Å². The van der Waals surface area contributed by atoms with E-state index in [0.717, 1.165) is 18.2 Å². The summed E-state index contributed by atoms with van der Waals surface area (Å²) in [5.41, 5.74) is 6.74. The molecule has 0 aliphatic heterocycles. The maximum Gasteiger partial charge on any atom is 0.0948 e. The predicted molar refractivity (Wildman–Crippen MR) is 52.1 cm³/mol. The van der Waals surface area contributed by atoms with Crippen molar-refractivity contribution in [3.05, 3.63) is 18.2 Å². The molecule has 1 saturated carbocycles. The predicted octanol–water partition coefficient (Wildman–Crippen LogP) is 1.53. The Kier molecular flexibility index (Phi) is 2.64. The van der Waals surface area contributed by atoms with Crippen molar-refractivity contribution in [2.75, 3.05) is 0 Å². The van der Waals surface area contributed by atoms with E-state index in [1.807, 2.05) is 12.5 Å². The van der Waals surface area contributed by atoms with Gasteiger partial charge in [-0.2, -0.15) is 0 Å². The summed E-state index contributed by atoms with van der Waals surface area (Å²) >= 11 is 0. The van der Waals surface area contributed by atoms with Gasteiger partial charge >= 0.3 is 0 Å². The summed E-state index contributed by atoms with van der Waals surface area (Å²) in [6.45, 7) is 1.70. The van der Waals surface area contributed by atoms with Gasteiger partial charge in [-0.1, -0.05) is 19.3 Å². The highest BCUT2D eigenvalue weighted by atomic mass is 15.0. The molecule has 1 heterocycles. The van der Waals surface area contributed by atoms with Crippen molar-refractivity contribution in [3.8, 4) is 0 Å². The number of rotatable bonds is 4. The monoisotopic (exact) mass is 179 g/mol. The third kappa shape index (κ3) is 1.91. The molecule has 13 heavy (non-hydrogen) atoms. The van der Waals surface area contributed by atoms with Gasteiger partial charge in [-0.25, -0.2) is 4.98 Å². The molecule has 3 nitrogen and oxygen atoms in total. The minimum Gasteiger partial charge on any atom is -0.333 e. The number of nitrogens with zero attached hydrogens (tertiary/aromatic N) is 2. The van der Waals surface area contributed by atoms with E-state index in [9.17, 15) is 0 Å². The van der Waals surface area contributed by atoms with E-state index in [4.69, 9.17) is 5.73 Å². The third-order valence-electron chi connectivity index (χ3n) is 3.01. The standard InChI is InChI=1S/C10H17N3/c11-6-10-7-12-8-13(10)5-4-9-2-1-3-9/h7-9H,1-6,11H2. The Morgan fingerprint density at radius 1 is 1.54 bits per heavy atom. The van der Waals surface area contributed by atoms with Gasteiger partial charge in [0.2, 0.25) is 0 Å². The van der Waals surface area contributed by atoms with E-state index < -0.39 is 0 Å². The van der Waals surface area contributed by atoms with Crippen LogP contribution in [0.25, 0.3) is 0 Å². The van der Waals surface area contributed by atoms with Crippen molar-refractivity contribution >= 4 is 0 Å². The summed E-state index contributed by atoms with van der Waals surface area (Å²) in [4.78, 5) is 4.10. The Bertz CT molecular complexity index is 263. The van der Waals surface area contributed by atoms with Crippen LogP contribution in [0.2, 0.25) is 0 Å². The molecule has 1 aliphatic carbocycles. The number of hydrogen-bond donors (Lipinski definition) is 1. The zero-order valence-electron chi connectivity index (χ0n) is 7.95. The Balaban J connectivity index is 1.85. The lowest BCUT2D eigenvalue weighted by molar-refractivity contribution is 0.281. The first kappa shape index (κ1) is 8.75. The molecule has 1 aromatic rings. The van der Waals surface area contributed by atoms with E-state index in [0.29, 0.717) is 6.54 Å². The lowest BCUT2D eigenvalue weighted by Crippen LogP contribution is -2.15. The van der Waals surface area contributed by atoms with Gasteiger partial charge in [0.1, 0.15) is 0 Å². The third-order valence-corrected chi connectivity index (χ3v) is 3.01. The maximum absolute atomic E-state index is 5.59. The van der Waals surface area contributed by atoms with Crippen molar-refractivity contribution in [3.63, 3.8) is 0 Å². The van der Waals surface area contributed by atoms with E-state index >= 15 is 0 Å².